The minimum absolute atomic E-state index is 0.122. The molecule has 0 spiro atoms. The molecule has 0 amide bonds. The van der Waals surface area contributed by atoms with E-state index in [1.165, 1.54) is 6.07 Å². The van der Waals surface area contributed by atoms with Gasteiger partial charge in [0, 0.05) is 24.2 Å². The molecular weight excluding hydrogens is 192 g/mol. The monoisotopic (exact) mass is 204 g/mol. The summed E-state index contributed by atoms with van der Waals surface area (Å²) in [7, 11) is 0. The largest absolute Gasteiger partial charge is 0.328 e. The lowest BCUT2D eigenvalue weighted by Gasteiger charge is -1.91. The molecule has 0 saturated carbocycles. The maximum Gasteiger partial charge on any atom is 0.247 e. The van der Waals surface area contributed by atoms with Crippen LogP contribution in [0.25, 0.3) is 11.4 Å². The van der Waals surface area contributed by atoms with Crippen LogP contribution in [0.3, 0.4) is 0 Å². The van der Waals surface area contributed by atoms with Crippen LogP contribution in [-0.2, 0) is 6.42 Å². The first-order valence-corrected chi connectivity index (χ1v) is 4.90. The van der Waals surface area contributed by atoms with Gasteiger partial charge >= 0.3 is 0 Å². The summed E-state index contributed by atoms with van der Waals surface area (Å²) in [5, 5.41) is 6.94. The van der Waals surface area contributed by atoms with Gasteiger partial charge in [-0.3, -0.25) is 9.89 Å². The van der Waals surface area contributed by atoms with Crippen molar-refractivity contribution in [2.24, 2.45) is 0 Å². The Morgan fingerprint density at radius 2 is 2.27 bits per heavy atom. The molecule has 2 aromatic rings. The van der Waals surface area contributed by atoms with E-state index in [-0.39, 0.29) is 5.56 Å². The number of hydrogen-bond donors (Lipinski definition) is 2. The Kier molecular flexibility index (Phi) is 2.62. The molecule has 2 heterocycles. The molecule has 0 bridgehead atoms. The van der Waals surface area contributed by atoms with Gasteiger partial charge in [-0.1, -0.05) is 6.92 Å². The number of nitrogens with one attached hydrogen (secondary N) is 2. The van der Waals surface area contributed by atoms with Crippen LogP contribution in [0.4, 0.5) is 0 Å². The molecule has 2 aromatic heterocycles. The maximum absolute atomic E-state index is 10.9. The van der Waals surface area contributed by atoms with E-state index in [0.29, 0.717) is 5.82 Å². The maximum atomic E-state index is 10.9. The number of aromatic amines is 2. The zero-order chi connectivity index (χ0) is 10.7. The Morgan fingerprint density at radius 1 is 1.40 bits per heavy atom. The standard InChI is InChI=1S/C10H12N4O/c1-2-3-8-12-10(14-13-8)7-4-5-9(15)11-6-7/h4-6H,2-3H2,1H3,(H,11,15)(H,12,13,14). The number of pyridine rings is 1. The van der Waals surface area contributed by atoms with Gasteiger partial charge in [-0.15, -0.1) is 0 Å². The molecule has 0 fully saturated rings. The van der Waals surface area contributed by atoms with E-state index in [1.807, 2.05) is 0 Å². The van der Waals surface area contributed by atoms with Crippen LogP contribution in [0.5, 0.6) is 0 Å². The van der Waals surface area contributed by atoms with E-state index in [2.05, 4.69) is 27.1 Å². The smallest absolute Gasteiger partial charge is 0.247 e. The molecule has 15 heavy (non-hydrogen) atoms. The number of aryl methyl sites for hydroxylation is 1. The van der Waals surface area contributed by atoms with Gasteiger partial charge in [-0.25, -0.2) is 4.98 Å². The van der Waals surface area contributed by atoms with Gasteiger partial charge in [0.1, 0.15) is 5.82 Å². The van der Waals surface area contributed by atoms with Crippen LogP contribution >= 0.6 is 0 Å². The highest BCUT2D eigenvalue weighted by Crippen LogP contribution is 2.11. The Balaban J connectivity index is 2.29. The van der Waals surface area contributed by atoms with Crippen LogP contribution in [0.2, 0.25) is 0 Å². The summed E-state index contributed by atoms with van der Waals surface area (Å²) in [5.41, 5.74) is 0.691. The van der Waals surface area contributed by atoms with Crippen molar-refractivity contribution in [3.8, 4) is 11.4 Å². The fourth-order valence-corrected chi connectivity index (χ4v) is 1.32. The second-order valence-corrected chi connectivity index (χ2v) is 3.30. The van der Waals surface area contributed by atoms with Gasteiger partial charge in [0.05, 0.1) is 0 Å². The van der Waals surface area contributed by atoms with Gasteiger partial charge < -0.3 is 4.98 Å². The summed E-state index contributed by atoms with van der Waals surface area (Å²) in [6, 6.07) is 3.17. The minimum Gasteiger partial charge on any atom is -0.328 e. The Labute approximate surface area is 86.6 Å². The molecule has 0 radical (unpaired) electrons. The first-order valence-electron chi connectivity index (χ1n) is 4.90. The number of aromatic nitrogens is 4. The lowest BCUT2D eigenvalue weighted by atomic mass is 10.3. The van der Waals surface area contributed by atoms with E-state index in [4.69, 9.17) is 0 Å². The average molecular weight is 204 g/mol. The summed E-state index contributed by atoms with van der Waals surface area (Å²) < 4.78 is 0. The average Bonchev–Trinajstić information content (AvgIpc) is 2.68. The molecule has 0 aliphatic rings. The van der Waals surface area contributed by atoms with Crippen LogP contribution in [-0.4, -0.2) is 20.2 Å². The van der Waals surface area contributed by atoms with Gasteiger partial charge in [0.2, 0.25) is 5.56 Å². The van der Waals surface area contributed by atoms with E-state index in [0.717, 1.165) is 24.2 Å². The summed E-state index contributed by atoms with van der Waals surface area (Å²) in [5.74, 6) is 1.49. The molecule has 0 aliphatic heterocycles. The highest BCUT2D eigenvalue weighted by molar-refractivity contribution is 5.52. The summed E-state index contributed by atoms with van der Waals surface area (Å²) in [4.78, 5) is 17.8. The molecule has 5 heteroatoms. The minimum atomic E-state index is -0.122. The molecule has 0 unspecified atom stereocenters. The first-order chi connectivity index (χ1) is 7.29. The molecule has 2 N–H and O–H groups in total. The highest BCUT2D eigenvalue weighted by atomic mass is 16.1. The lowest BCUT2D eigenvalue weighted by Crippen LogP contribution is -2.01. The Hall–Kier alpha value is -1.91. The van der Waals surface area contributed by atoms with E-state index >= 15 is 0 Å². The summed E-state index contributed by atoms with van der Waals surface area (Å²) >= 11 is 0. The van der Waals surface area contributed by atoms with Crippen LogP contribution in [0, 0.1) is 0 Å². The van der Waals surface area contributed by atoms with Crippen molar-refractivity contribution in [1.29, 1.82) is 0 Å². The van der Waals surface area contributed by atoms with Gasteiger partial charge in [0.15, 0.2) is 5.82 Å². The topological polar surface area (TPSA) is 74.4 Å². The zero-order valence-electron chi connectivity index (χ0n) is 8.45. The number of rotatable bonds is 3. The normalized spacial score (nSPS) is 10.5. The van der Waals surface area contributed by atoms with Gasteiger partial charge in [-0.2, -0.15) is 5.10 Å². The van der Waals surface area contributed by atoms with Crippen molar-refractivity contribution in [3.63, 3.8) is 0 Å². The third-order valence-electron chi connectivity index (χ3n) is 2.06. The Morgan fingerprint density at radius 3 is 2.93 bits per heavy atom. The first kappa shape index (κ1) is 9.64. The molecule has 0 saturated heterocycles. The summed E-state index contributed by atoms with van der Waals surface area (Å²) in [6.45, 7) is 2.09. The van der Waals surface area contributed by atoms with Crippen molar-refractivity contribution in [1.82, 2.24) is 20.2 Å². The van der Waals surface area contributed by atoms with Crippen molar-refractivity contribution in [3.05, 3.63) is 34.5 Å². The summed E-state index contributed by atoms with van der Waals surface area (Å²) in [6.07, 6.45) is 3.53. The van der Waals surface area contributed by atoms with Crippen LogP contribution in [0.1, 0.15) is 19.2 Å². The Bertz CT molecular complexity index is 480. The lowest BCUT2D eigenvalue weighted by molar-refractivity contribution is 0.841. The molecule has 5 nitrogen and oxygen atoms in total. The fourth-order valence-electron chi connectivity index (χ4n) is 1.32. The zero-order valence-corrected chi connectivity index (χ0v) is 8.45. The van der Waals surface area contributed by atoms with E-state index < -0.39 is 0 Å². The quantitative estimate of drug-likeness (QED) is 0.786. The van der Waals surface area contributed by atoms with Crippen molar-refractivity contribution in [2.45, 2.75) is 19.8 Å². The molecule has 78 valence electrons. The highest BCUT2D eigenvalue weighted by Gasteiger charge is 2.04. The molecule has 0 aliphatic carbocycles. The number of nitrogens with zero attached hydrogens (tertiary/aromatic N) is 2. The second-order valence-electron chi connectivity index (χ2n) is 3.30. The van der Waals surface area contributed by atoms with E-state index in [1.54, 1.807) is 12.3 Å². The third-order valence-corrected chi connectivity index (χ3v) is 2.06. The molecule has 0 atom stereocenters. The van der Waals surface area contributed by atoms with Gasteiger partial charge in [-0.05, 0) is 12.5 Å². The number of H-pyrrole nitrogens is 2. The molecule has 2 rings (SSSR count). The van der Waals surface area contributed by atoms with Crippen LogP contribution in [0.15, 0.2) is 23.1 Å². The SMILES string of the molecule is CCCc1nc(-c2ccc(=O)[nH]c2)n[nH]1. The number of hydrogen-bond acceptors (Lipinski definition) is 3. The van der Waals surface area contributed by atoms with Crippen LogP contribution < -0.4 is 5.56 Å². The predicted octanol–water partition coefficient (Wildman–Crippen LogP) is 1.11. The van der Waals surface area contributed by atoms with E-state index in [9.17, 15) is 4.79 Å². The third kappa shape index (κ3) is 2.12. The van der Waals surface area contributed by atoms with Gasteiger partial charge in [0.25, 0.3) is 0 Å². The fraction of sp³-hybridized carbons (Fsp3) is 0.300. The predicted molar refractivity (Wildman–Crippen MR) is 56.4 cm³/mol. The second kappa shape index (κ2) is 4.08. The van der Waals surface area contributed by atoms with Crippen molar-refractivity contribution in [2.75, 3.05) is 0 Å². The molecule has 0 aromatic carbocycles. The van der Waals surface area contributed by atoms with Crippen molar-refractivity contribution < 1.29 is 0 Å². The molecular formula is C10H12N4O. The van der Waals surface area contributed by atoms with Crippen molar-refractivity contribution >= 4 is 0 Å².